The Morgan fingerprint density at radius 2 is 2.08 bits per heavy atom. The summed E-state index contributed by atoms with van der Waals surface area (Å²) in [7, 11) is 1.63. The predicted octanol–water partition coefficient (Wildman–Crippen LogP) is 4.67. The van der Waals surface area contributed by atoms with Crippen LogP contribution in [0, 0.1) is 0 Å². The lowest BCUT2D eigenvalue weighted by atomic mass is 10.1. The van der Waals surface area contributed by atoms with Gasteiger partial charge in [-0.2, -0.15) is 0 Å². The molecule has 0 unspecified atom stereocenters. The average Bonchev–Trinajstić information content (AvgIpc) is 3.08. The van der Waals surface area contributed by atoms with E-state index in [0.717, 1.165) is 36.3 Å². The molecule has 1 heterocycles. The maximum Gasteiger partial charge on any atom is 0.223 e. The topological polar surface area (TPSA) is 55.6 Å². The molecule has 0 aliphatic rings. The summed E-state index contributed by atoms with van der Waals surface area (Å²) < 4.78 is 10.7. The lowest BCUT2D eigenvalue weighted by Crippen LogP contribution is -2.36. The SMILES string of the molecule is CCCCCC(=O)N(Cc1cc(-c2cccc(OC)c2)on1)C(C)C. The number of ether oxygens (including phenoxy) is 1. The van der Waals surface area contributed by atoms with Gasteiger partial charge < -0.3 is 14.2 Å². The van der Waals surface area contributed by atoms with Crippen LogP contribution in [0.2, 0.25) is 0 Å². The fourth-order valence-corrected chi connectivity index (χ4v) is 2.70. The highest BCUT2D eigenvalue weighted by Crippen LogP contribution is 2.25. The van der Waals surface area contributed by atoms with E-state index >= 15 is 0 Å². The van der Waals surface area contributed by atoms with Crippen LogP contribution in [0.1, 0.15) is 52.1 Å². The van der Waals surface area contributed by atoms with Gasteiger partial charge >= 0.3 is 0 Å². The minimum atomic E-state index is 0.131. The number of aromatic nitrogens is 1. The van der Waals surface area contributed by atoms with Gasteiger partial charge in [0.15, 0.2) is 5.76 Å². The fourth-order valence-electron chi connectivity index (χ4n) is 2.70. The molecule has 0 saturated heterocycles. The molecule has 0 bridgehead atoms. The van der Waals surface area contributed by atoms with Crippen molar-refractivity contribution in [2.45, 2.75) is 59.0 Å². The molecule has 1 aromatic heterocycles. The van der Waals surface area contributed by atoms with Gasteiger partial charge in [-0.1, -0.05) is 37.1 Å². The number of carbonyl (C=O) groups is 1. The first-order valence-corrected chi connectivity index (χ1v) is 8.94. The van der Waals surface area contributed by atoms with Crippen molar-refractivity contribution >= 4 is 5.91 Å². The molecule has 136 valence electrons. The van der Waals surface area contributed by atoms with E-state index in [-0.39, 0.29) is 11.9 Å². The summed E-state index contributed by atoms with van der Waals surface area (Å²) in [4.78, 5) is 14.3. The largest absolute Gasteiger partial charge is 0.497 e. The van der Waals surface area contributed by atoms with Gasteiger partial charge in [0.1, 0.15) is 11.4 Å². The summed E-state index contributed by atoms with van der Waals surface area (Å²) in [5.74, 6) is 1.62. The van der Waals surface area contributed by atoms with Crippen molar-refractivity contribution in [3.63, 3.8) is 0 Å². The Balaban J connectivity index is 2.07. The summed E-state index contributed by atoms with van der Waals surface area (Å²) in [5.41, 5.74) is 1.67. The molecule has 0 fully saturated rings. The third kappa shape index (κ3) is 5.34. The molecular weight excluding hydrogens is 316 g/mol. The van der Waals surface area contributed by atoms with Crippen molar-refractivity contribution in [2.75, 3.05) is 7.11 Å². The van der Waals surface area contributed by atoms with Crippen molar-refractivity contribution in [3.05, 3.63) is 36.0 Å². The van der Waals surface area contributed by atoms with E-state index in [2.05, 4.69) is 12.1 Å². The molecule has 2 rings (SSSR count). The van der Waals surface area contributed by atoms with Crippen LogP contribution < -0.4 is 4.74 Å². The van der Waals surface area contributed by atoms with Crippen LogP contribution in [0.15, 0.2) is 34.9 Å². The molecular formula is C20H28N2O3. The summed E-state index contributed by atoms with van der Waals surface area (Å²) in [6, 6.07) is 9.67. The van der Waals surface area contributed by atoms with Crippen molar-refractivity contribution < 1.29 is 14.1 Å². The maximum atomic E-state index is 12.5. The highest BCUT2D eigenvalue weighted by molar-refractivity contribution is 5.76. The lowest BCUT2D eigenvalue weighted by molar-refractivity contribution is -0.133. The first-order chi connectivity index (χ1) is 12.0. The monoisotopic (exact) mass is 344 g/mol. The van der Waals surface area contributed by atoms with Gasteiger partial charge in [-0.3, -0.25) is 4.79 Å². The standard InChI is InChI=1S/C20H28N2O3/c1-5-6-7-11-20(23)22(15(2)3)14-17-13-19(25-21-17)16-9-8-10-18(12-16)24-4/h8-10,12-13,15H,5-7,11,14H2,1-4H3. The van der Waals surface area contributed by atoms with E-state index < -0.39 is 0 Å². The Morgan fingerprint density at radius 3 is 2.76 bits per heavy atom. The minimum Gasteiger partial charge on any atom is -0.497 e. The number of methoxy groups -OCH3 is 1. The van der Waals surface area contributed by atoms with E-state index in [1.807, 2.05) is 49.1 Å². The van der Waals surface area contributed by atoms with Crippen LogP contribution in [-0.2, 0) is 11.3 Å². The minimum absolute atomic E-state index is 0.131. The highest BCUT2D eigenvalue weighted by Gasteiger charge is 2.19. The Morgan fingerprint density at radius 1 is 1.28 bits per heavy atom. The Hall–Kier alpha value is -2.30. The zero-order chi connectivity index (χ0) is 18.2. The molecule has 0 N–H and O–H groups in total. The molecule has 25 heavy (non-hydrogen) atoms. The quantitative estimate of drug-likeness (QED) is 0.620. The maximum absolute atomic E-state index is 12.5. The zero-order valence-corrected chi connectivity index (χ0v) is 15.6. The van der Waals surface area contributed by atoms with Crippen LogP contribution in [0.3, 0.4) is 0 Å². The molecule has 0 aliphatic carbocycles. The Labute approximate surface area is 150 Å². The first kappa shape index (κ1) is 19.0. The van der Waals surface area contributed by atoms with Crippen molar-refractivity contribution in [3.8, 4) is 17.1 Å². The van der Waals surface area contributed by atoms with Crippen molar-refractivity contribution in [1.82, 2.24) is 10.1 Å². The van der Waals surface area contributed by atoms with E-state index in [9.17, 15) is 4.79 Å². The zero-order valence-electron chi connectivity index (χ0n) is 15.6. The van der Waals surface area contributed by atoms with Crippen molar-refractivity contribution in [2.24, 2.45) is 0 Å². The normalized spacial score (nSPS) is 10.9. The second kappa shape index (κ2) is 9.25. The van der Waals surface area contributed by atoms with E-state index in [1.165, 1.54) is 0 Å². The molecule has 0 aliphatic heterocycles. The van der Waals surface area contributed by atoms with Crippen LogP contribution in [0.4, 0.5) is 0 Å². The number of benzene rings is 1. The molecule has 1 amide bonds. The number of carbonyl (C=O) groups excluding carboxylic acids is 1. The summed E-state index contributed by atoms with van der Waals surface area (Å²) >= 11 is 0. The number of amides is 1. The van der Waals surface area contributed by atoms with Gasteiger partial charge in [0, 0.05) is 24.1 Å². The lowest BCUT2D eigenvalue weighted by Gasteiger charge is -2.25. The molecule has 5 nitrogen and oxygen atoms in total. The molecule has 2 aromatic rings. The molecule has 0 radical (unpaired) electrons. The highest BCUT2D eigenvalue weighted by atomic mass is 16.5. The van der Waals surface area contributed by atoms with E-state index in [1.54, 1.807) is 7.11 Å². The van der Waals surface area contributed by atoms with Gasteiger partial charge in [0.05, 0.1) is 13.7 Å². The van der Waals surface area contributed by atoms with Gasteiger partial charge in [-0.15, -0.1) is 0 Å². The Bertz CT molecular complexity index is 679. The molecule has 0 atom stereocenters. The summed E-state index contributed by atoms with van der Waals surface area (Å²) in [6.45, 7) is 6.66. The first-order valence-electron chi connectivity index (χ1n) is 8.94. The molecule has 5 heteroatoms. The predicted molar refractivity (Wildman–Crippen MR) is 98.3 cm³/mol. The molecule has 0 spiro atoms. The van der Waals surface area contributed by atoms with Crippen LogP contribution in [0.5, 0.6) is 5.75 Å². The van der Waals surface area contributed by atoms with Gasteiger partial charge in [-0.05, 0) is 32.4 Å². The van der Waals surface area contributed by atoms with Gasteiger partial charge in [0.25, 0.3) is 0 Å². The molecule has 0 saturated carbocycles. The van der Waals surface area contributed by atoms with E-state index in [4.69, 9.17) is 9.26 Å². The second-order valence-electron chi connectivity index (χ2n) is 6.49. The van der Waals surface area contributed by atoms with Crippen molar-refractivity contribution in [1.29, 1.82) is 0 Å². The fraction of sp³-hybridized carbons (Fsp3) is 0.500. The third-order valence-corrected chi connectivity index (χ3v) is 4.18. The van der Waals surface area contributed by atoms with Crippen LogP contribution in [0.25, 0.3) is 11.3 Å². The smallest absolute Gasteiger partial charge is 0.223 e. The number of hydrogen-bond acceptors (Lipinski definition) is 4. The van der Waals surface area contributed by atoms with Crippen LogP contribution in [-0.4, -0.2) is 29.1 Å². The average molecular weight is 344 g/mol. The second-order valence-corrected chi connectivity index (χ2v) is 6.49. The number of unbranched alkanes of at least 4 members (excludes halogenated alkanes) is 2. The third-order valence-electron chi connectivity index (χ3n) is 4.18. The number of nitrogens with zero attached hydrogens (tertiary/aromatic N) is 2. The van der Waals surface area contributed by atoms with E-state index in [0.29, 0.717) is 18.7 Å². The summed E-state index contributed by atoms with van der Waals surface area (Å²) in [5, 5.41) is 4.14. The van der Waals surface area contributed by atoms with Gasteiger partial charge in [0.2, 0.25) is 5.91 Å². The summed E-state index contributed by atoms with van der Waals surface area (Å²) in [6.07, 6.45) is 3.73. The number of hydrogen-bond donors (Lipinski definition) is 0. The van der Waals surface area contributed by atoms with Gasteiger partial charge in [-0.25, -0.2) is 0 Å². The van der Waals surface area contributed by atoms with Crippen LogP contribution >= 0.6 is 0 Å². The molecule has 1 aromatic carbocycles. The number of rotatable bonds is 9. The Kier molecular flexibility index (Phi) is 7.04.